The Bertz CT molecular complexity index is 762. The number of aryl methyl sites for hydroxylation is 1. The third-order valence-electron chi connectivity index (χ3n) is 5.00. The number of phenols is 1. The molecule has 1 fully saturated rings. The zero-order valence-electron chi connectivity index (χ0n) is 16.2. The van der Waals surface area contributed by atoms with Crippen LogP contribution >= 0.6 is 0 Å². The fraction of sp³-hybridized carbons (Fsp3) is 0.455. The van der Waals surface area contributed by atoms with E-state index in [0.29, 0.717) is 19.0 Å². The van der Waals surface area contributed by atoms with E-state index in [4.69, 9.17) is 14.2 Å². The molecule has 140 valence electrons. The van der Waals surface area contributed by atoms with E-state index in [-0.39, 0.29) is 11.5 Å². The van der Waals surface area contributed by atoms with Crippen molar-refractivity contribution in [3.63, 3.8) is 0 Å². The highest BCUT2D eigenvalue weighted by molar-refractivity contribution is 5.44. The summed E-state index contributed by atoms with van der Waals surface area (Å²) >= 11 is 0. The van der Waals surface area contributed by atoms with Crippen molar-refractivity contribution < 1.29 is 19.3 Å². The Morgan fingerprint density at radius 2 is 1.77 bits per heavy atom. The number of benzene rings is 2. The highest BCUT2D eigenvalue weighted by atomic mass is 16.7. The van der Waals surface area contributed by atoms with Crippen molar-refractivity contribution >= 4 is 0 Å². The van der Waals surface area contributed by atoms with E-state index in [0.717, 1.165) is 11.3 Å². The largest absolute Gasteiger partial charge is 0.508 e. The lowest BCUT2D eigenvalue weighted by Crippen LogP contribution is -2.25. The lowest BCUT2D eigenvalue weighted by Gasteiger charge is -2.27. The van der Waals surface area contributed by atoms with Crippen LogP contribution in [0.2, 0.25) is 0 Å². The SMILES string of the molecule is Cc1cc(C(C)(C)c2ccc(OCC3COC(C)(C)O3)cc2)ccc1O. The van der Waals surface area contributed by atoms with Gasteiger partial charge in [-0.1, -0.05) is 38.1 Å². The van der Waals surface area contributed by atoms with Gasteiger partial charge in [0, 0.05) is 5.41 Å². The molecule has 4 nitrogen and oxygen atoms in total. The summed E-state index contributed by atoms with van der Waals surface area (Å²) in [4.78, 5) is 0. The molecule has 26 heavy (non-hydrogen) atoms. The maximum atomic E-state index is 9.76. The number of aromatic hydroxyl groups is 1. The minimum atomic E-state index is -0.524. The highest BCUT2D eigenvalue weighted by Gasteiger charge is 2.33. The zero-order valence-corrected chi connectivity index (χ0v) is 16.2. The molecule has 0 amide bonds. The average Bonchev–Trinajstić information content (AvgIpc) is 2.95. The summed E-state index contributed by atoms with van der Waals surface area (Å²) in [7, 11) is 0. The van der Waals surface area contributed by atoms with Crippen LogP contribution in [0.1, 0.15) is 44.4 Å². The summed E-state index contributed by atoms with van der Waals surface area (Å²) < 4.78 is 17.2. The van der Waals surface area contributed by atoms with Gasteiger partial charge in [-0.05, 0) is 55.7 Å². The third-order valence-corrected chi connectivity index (χ3v) is 5.00. The molecule has 0 aliphatic carbocycles. The van der Waals surface area contributed by atoms with Crippen molar-refractivity contribution in [1.82, 2.24) is 0 Å². The minimum absolute atomic E-state index is 0.0407. The topological polar surface area (TPSA) is 47.9 Å². The molecule has 3 rings (SSSR count). The summed E-state index contributed by atoms with van der Waals surface area (Å²) in [5.41, 5.74) is 3.08. The summed E-state index contributed by atoms with van der Waals surface area (Å²) in [6.07, 6.45) is -0.0407. The van der Waals surface area contributed by atoms with Gasteiger partial charge in [0.2, 0.25) is 0 Å². The van der Waals surface area contributed by atoms with Crippen molar-refractivity contribution in [3.05, 3.63) is 59.2 Å². The molecule has 2 aromatic rings. The predicted molar refractivity (Wildman–Crippen MR) is 102 cm³/mol. The molecule has 0 saturated carbocycles. The molecular weight excluding hydrogens is 328 g/mol. The van der Waals surface area contributed by atoms with Crippen molar-refractivity contribution in [1.29, 1.82) is 0 Å². The molecule has 1 atom stereocenters. The van der Waals surface area contributed by atoms with Gasteiger partial charge in [0.25, 0.3) is 0 Å². The summed E-state index contributed by atoms with van der Waals surface area (Å²) in [6, 6.07) is 13.9. The molecule has 4 heteroatoms. The first-order valence-corrected chi connectivity index (χ1v) is 9.02. The van der Waals surface area contributed by atoms with E-state index in [1.807, 2.05) is 45.0 Å². The second kappa shape index (κ2) is 6.93. The van der Waals surface area contributed by atoms with Crippen molar-refractivity contribution in [2.75, 3.05) is 13.2 Å². The number of rotatable bonds is 5. The molecule has 1 N–H and O–H groups in total. The van der Waals surface area contributed by atoms with Gasteiger partial charge in [0.1, 0.15) is 24.2 Å². The van der Waals surface area contributed by atoms with Crippen LogP contribution in [0, 0.1) is 6.92 Å². The molecule has 0 radical (unpaired) electrons. The molecular formula is C22H28O4. The molecule has 0 aromatic heterocycles. The molecule has 0 spiro atoms. The van der Waals surface area contributed by atoms with Gasteiger partial charge in [-0.2, -0.15) is 0 Å². The smallest absolute Gasteiger partial charge is 0.163 e. The fourth-order valence-corrected chi connectivity index (χ4v) is 3.21. The summed E-state index contributed by atoms with van der Waals surface area (Å²) in [5, 5.41) is 9.76. The maximum absolute atomic E-state index is 9.76. The third kappa shape index (κ3) is 4.02. The van der Waals surface area contributed by atoms with Gasteiger partial charge in [0.05, 0.1) is 6.61 Å². The van der Waals surface area contributed by atoms with Crippen LogP contribution < -0.4 is 4.74 Å². The van der Waals surface area contributed by atoms with Crippen molar-refractivity contribution in [2.45, 2.75) is 51.9 Å². The average molecular weight is 356 g/mol. The van der Waals surface area contributed by atoms with Crippen LogP contribution in [0.25, 0.3) is 0 Å². The lowest BCUT2D eigenvalue weighted by atomic mass is 9.77. The van der Waals surface area contributed by atoms with E-state index >= 15 is 0 Å². The molecule has 1 saturated heterocycles. The van der Waals surface area contributed by atoms with Crippen LogP contribution in [0.4, 0.5) is 0 Å². The number of phenolic OH excluding ortho intramolecular Hbond substituents is 1. The fourth-order valence-electron chi connectivity index (χ4n) is 3.21. The standard InChI is InChI=1S/C22H28O4/c1-15-12-17(8-11-20(15)23)21(2,3)16-6-9-18(10-7-16)24-13-19-14-25-22(4,5)26-19/h6-12,19,23H,13-14H2,1-5H3. The lowest BCUT2D eigenvalue weighted by molar-refractivity contribution is -0.141. The van der Waals surface area contributed by atoms with E-state index in [2.05, 4.69) is 26.0 Å². The van der Waals surface area contributed by atoms with Crippen LogP contribution in [0.5, 0.6) is 11.5 Å². The normalized spacial score (nSPS) is 19.5. The van der Waals surface area contributed by atoms with Gasteiger partial charge in [-0.15, -0.1) is 0 Å². The minimum Gasteiger partial charge on any atom is -0.508 e. The maximum Gasteiger partial charge on any atom is 0.163 e. The Balaban J connectivity index is 1.67. The second-order valence-electron chi connectivity index (χ2n) is 7.91. The van der Waals surface area contributed by atoms with E-state index in [9.17, 15) is 5.11 Å². The predicted octanol–water partition coefficient (Wildman–Crippen LogP) is 4.56. The van der Waals surface area contributed by atoms with E-state index < -0.39 is 5.79 Å². The van der Waals surface area contributed by atoms with Gasteiger partial charge in [-0.25, -0.2) is 0 Å². The summed E-state index contributed by atoms with van der Waals surface area (Å²) in [6.45, 7) is 11.1. The Morgan fingerprint density at radius 1 is 1.12 bits per heavy atom. The quantitative estimate of drug-likeness (QED) is 0.853. The zero-order chi connectivity index (χ0) is 18.9. The van der Waals surface area contributed by atoms with Crippen molar-refractivity contribution in [2.24, 2.45) is 0 Å². The first kappa shape index (κ1) is 18.7. The van der Waals surface area contributed by atoms with Gasteiger partial charge in [0.15, 0.2) is 5.79 Å². The molecule has 1 heterocycles. The Hall–Kier alpha value is -2.04. The molecule has 2 aromatic carbocycles. The van der Waals surface area contributed by atoms with Gasteiger partial charge < -0.3 is 19.3 Å². The molecule has 1 unspecified atom stereocenters. The number of ether oxygens (including phenoxy) is 3. The molecule has 0 bridgehead atoms. The van der Waals surface area contributed by atoms with Crippen LogP contribution in [0.15, 0.2) is 42.5 Å². The van der Waals surface area contributed by atoms with Crippen LogP contribution in [-0.2, 0) is 14.9 Å². The number of hydrogen-bond acceptors (Lipinski definition) is 4. The van der Waals surface area contributed by atoms with Gasteiger partial charge in [-0.3, -0.25) is 0 Å². The number of hydrogen-bond donors (Lipinski definition) is 1. The van der Waals surface area contributed by atoms with E-state index in [1.165, 1.54) is 11.1 Å². The van der Waals surface area contributed by atoms with Gasteiger partial charge >= 0.3 is 0 Å². The van der Waals surface area contributed by atoms with Crippen LogP contribution in [0.3, 0.4) is 0 Å². The Kier molecular flexibility index (Phi) is 5.00. The monoisotopic (exact) mass is 356 g/mol. The Labute approximate surface area is 155 Å². The second-order valence-corrected chi connectivity index (χ2v) is 7.91. The first-order valence-electron chi connectivity index (χ1n) is 9.02. The Morgan fingerprint density at radius 3 is 2.35 bits per heavy atom. The van der Waals surface area contributed by atoms with Crippen molar-refractivity contribution in [3.8, 4) is 11.5 Å². The highest BCUT2D eigenvalue weighted by Crippen LogP contribution is 2.34. The molecule has 1 aliphatic rings. The van der Waals surface area contributed by atoms with Crippen LogP contribution in [-0.4, -0.2) is 30.2 Å². The van der Waals surface area contributed by atoms with E-state index in [1.54, 1.807) is 6.07 Å². The first-order chi connectivity index (χ1) is 12.2. The molecule has 1 aliphatic heterocycles. The summed E-state index contributed by atoms with van der Waals surface area (Å²) in [5.74, 6) is 0.624.